The number of nitrogen functional groups attached to an aromatic ring is 1. The molecule has 0 radical (unpaired) electrons. The minimum atomic E-state index is -3.82. The van der Waals surface area contributed by atoms with Gasteiger partial charge in [0.2, 0.25) is 10.0 Å². The Bertz CT molecular complexity index is 724. The number of sulfonamides is 1. The predicted octanol–water partition coefficient (Wildman–Crippen LogP) is 0.186. The number of nitrogens with zero attached hydrogens (tertiary/aromatic N) is 2. The molecule has 114 valence electrons. The normalized spacial score (nSPS) is 11.5. The fourth-order valence-corrected chi connectivity index (χ4v) is 3.86. The first kappa shape index (κ1) is 15.4. The molecule has 0 aliphatic rings. The molecule has 0 saturated heterocycles. The lowest BCUT2D eigenvalue weighted by Gasteiger charge is -2.02. The van der Waals surface area contributed by atoms with Crippen LogP contribution in [0.3, 0.4) is 0 Å². The van der Waals surface area contributed by atoms with Crippen molar-refractivity contribution in [1.29, 1.82) is 0 Å². The summed E-state index contributed by atoms with van der Waals surface area (Å²) in [5, 5.41) is 10.8. The highest BCUT2D eigenvalue weighted by Crippen LogP contribution is 2.36. The highest BCUT2D eigenvalue weighted by molar-refractivity contribution is 7.91. The third-order valence-corrected chi connectivity index (χ3v) is 5.51. The topological polar surface area (TPSA) is 156 Å². The Kier molecular flexibility index (Phi) is 4.52. The number of aromatic nitrogens is 2. The number of hydrogen-bond acceptors (Lipinski definition) is 8. The molecule has 0 aliphatic heterocycles. The molecule has 0 spiro atoms. The van der Waals surface area contributed by atoms with Gasteiger partial charge < -0.3 is 10.4 Å². The minimum Gasteiger partial charge on any atom is -0.348 e. The molecule has 2 aromatic heterocycles. The van der Waals surface area contributed by atoms with Crippen LogP contribution in [0.25, 0.3) is 0 Å². The van der Waals surface area contributed by atoms with Crippen LogP contribution >= 0.6 is 11.3 Å². The van der Waals surface area contributed by atoms with Crippen molar-refractivity contribution >= 4 is 32.0 Å². The SMILES string of the molecule is NNc1sc(S(=O)(=O)NCCc2cnc[nH]2)cc1[N+](=O)[O-]. The summed E-state index contributed by atoms with van der Waals surface area (Å²) in [6.07, 6.45) is 3.50. The molecule has 21 heavy (non-hydrogen) atoms. The lowest BCUT2D eigenvalue weighted by molar-refractivity contribution is -0.383. The molecule has 2 aromatic rings. The molecule has 0 bridgehead atoms. The van der Waals surface area contributed by atoms with Crippen molar-refractivity contribution in [2.45, 2.75) is 10.6 Å². The van der Waals surface area contributed by atoms with Gasteiger partial charge in [0.15, 0.2) is 5.00 Å². The van der Waals surface area contributed by atoms with Crippen molar-refractivity contribution < 1.29 is 13.3 Å². The molecular formula is C9H12N6O4S2. The molecule has 0 unspecified atom stereocenters. The summed E-state index contributed by atoms with van der Waals surface area (Å²) in [6, 6.07) is 0.971. The second kappa shape index (κ2) is 6.17. The Morgan fingerprint density at radius 1 is 1.52 bits per heavy atom. The van der Waals surface area contributed by atoms with Crippen LogP contribution in [0.1, 0.15) is 5.69 Å². The van der Waals surface area contributed by atoms with Crippen molar-refractivity contribution in [3.05, 3.63) is 34.4 Å². The van der Waals surface area contributed by atoms with Crippen molar-refractivity contribution in [2.75, 3.05) is 12.0 Å². The van der Waals surface area contributed by atoms with Gasteiger partial charge in [-0.25, -0.2) is 24.0 Å². The molecule has 12 heteroatoms. The van der Waals surface area contributed by atoms with Crippen LogP contribution in [0.15, 0.2) is 22.8 Å². The Hall–Kier alpha value is -2.02. The van der Waals surface area contributed by atoms with E-state index in [4.69, 9.17) is 5.84 Å². The maximum Gasteiger partial charge on any atom is 0.306 e. The standard InChI is InChI=1S/C9H12N6O4S2/c10-14-9-7(15(16)17)3-8(20-9)21(18,19)13-2-1-6-4-11-5-12-6/h3-5,13-14H,1-2,10H2,(H,11,12). The largest absolute Gasteiger partial charge is 0.348 e. The van der Waals surface area contributed by atoms with Crippen molar-refractivity contribution in [2.24, 2.45) is 5.84 Å². The van der Waals surface area contributed by atoms with E-state index in [0.29, 0.717) is 17.8 Å². The Morgan fingerprint density at radius 3 is 2.81 bits per heavy atom. The van der Waals surface area contributed by atoms with Gasteiger partial charge in [-0.05, 0) is 0 Å². The van der Waals surface area contributed by atoms with Gasteiger partial charge in [-0.2, -0.15) is 0 Å². The number of hydrazine groups is 1. The van der Waals surface area contributed by atoms with E-state index in [-0.39, 0.29) is 21.4 Å². The molecule has 0 fully saturated rings. The van der Waals surface area contributed by atoms with E-state index >= 15 is 0 Å². The lowest BCUT2D eigenvalue weighted by Crippen LogP contribution is -2.25. The van der Waals surface area contributed by atoms with Crippen LogP contribution < -0.4 is 16.0 Å². The van der Waals surface area contributed by atoms with Crippen molar-refractivity contribution in [3.8, 4) is 0 Å². The first-order valence-electron chi connectivity index (χ1n) is 5.66. The van der Waals surface area contributed by atoms with E-state index in [9.17, 15) is 18.5 Å². The number of hydrogen-bond donors (Lipinski definition) is 4. The zero-order chi connectivity index (χ0) is 15.5. The highest BCUT2D eigenvalue weighted by Gasteiger charge is 2.25. The Labute approximate surface area is 123 Å². The van der Waals surface area contributed by atoms with Gasteiger partial charge in [0.05, 0.1) is 11.3 Å². The van der Waals surface area contributed by atoms with E-state index in [2.05, 4.69) is 20.1 Å². The number of rotatable bonds is 7. The zero-order valence-electron chi connectivity index (χ0n) is 10.6. The first-order chi connectivity index (χ1) is 9.94. The van der Waals surface area contributed by atoms with Gasteiger partial charge in [-0.15, -0.1) is 0 Å². The average Bonchev–Trinajstić information content (AvgIpc) is 3.07. The Morgan fingerprint density at radius 2 is 2.29 bits per heavy atom. The van der Waals surface area contributed by atoms with Crippen LogP contribution in [0, 0.1) is 10.1 Å². The van der Waals surface area contributed by atoms with Crippen molar-refractivity contribution in [3.63, 3.8) is 0 Å². The number of nitrogens with one attached hydrogen (secondary N) is 3. The third-order valence-electron chi connectivity index (χ3n) is 2.52. The van der Waals surface area contributed by atoms with Crippen LogP contribution in [-0.4, -0.2) is 29.9 Å². The molecule has 0 atom stereocenters. The van der Waals surface area contributed by atoms with Crippen LogP contribution in [0.4, 0.5) is 10.7 Å². The number of aromatic amines is 1. The number of anilines is 1. The van der Waals surface area contributed by atoms with E-state index < -0.39 is 14.9 Å². The summed E-state index contributed by atoms with van der Waals surface area (Å²) in [7, 11) is -3.82. The fraction of sp³-hybridized carbons (Fsp3) is 0.222. The maximum absolute atomic E-state index is 12.0. The minimum absolute atomic E-state index is 0.0195. The van der Waals surface area contributed by atoms with E-state index in [1.165, 1.54) is 6.33 Å². The molecule has 0 saturated carbocycles. The van der Waals surface area contributed by atoms with E-state index in [0.717, 1.165) is 11.8 Å². The molecule has 2 rings (SSSR count). The van der Waals surface area contributed by atoms with Gasteiger partial charge in [-0.3, -0.25) is 10.1 Å². The summed E-state index contributed by atoms with van der Waals surface area (Å²) in [5.74, 6) is 5.14. The summed E-state index contributed by atoms with van der Waals surface area (Å²) < 4.78 is 26.3. The van der Waals surface area contributed by atoms with Gasteiger partial charge in [0.1, 0.15) is 4.21 Å². The second-order valence-electron chi connectivity index (χ2n) is 3.91. The van der Waals surface area contributed by atoms with Crippen molar-refractivity contribution in [1.82, 2.24) is 14.7 Å². The summed E-state index contributed by atoms with van der Waals surface area (Å²) in [6.45, 7) is 0.140. The maximum atomic E-state index is 12.0. The molecule has 0 aliphatic carbocycles. The van der Waals surface area contributed by atoms with Crippen LogP contribution in [0.5, 0.6) is 0 Å². The smallest absolute Gasteiger partial charge is 0.306 e. The van der Waals surface area contributed by atoms with Gasteiger partial charge >= 0.3 is 5.69 Å². The van der Waals surface area contributed by atoms with Gasteiger partial charge in [-0.1, -0.05) is 11.3 Å². The van der Waals surface area contributed by atoms with E-state index in [1.807, 2.05) is 0 Å². The molecule has 0 amide bonds. The summed E-state index contributed by atoms with van der Waals surface area (Å²) in [5.41, 5.74) is 2.52. The number of imidazole rings is 1. The molecule has 5 N–H and O–H groups in total. The van der Waals surface area contributed by atoms with E-state index in [1.54, 1.807) is 6.20 Å². The average molecular weight is 332 g/mol. The fourth-order valence-electron chi connectivity index (χ4n) is 1.54. The molecule has 2 heterocycles. The molecule has 0 aromatic carbocycles. The zero-order valence-corrected chi connectivity index (χ0v) is 12.2. The monoisotopic (exact) mass is 332 g/mol. The second-order valence-corrected chi connectivity index (χ2v) is 6.95. The van der Waals surface area contributed by atoms with Gasteiger partial charge in [0, 0.05) is 30.9 Å². The Balaban J connectivity index is 2.10. The lowest BCUT2D eigenvalue weighted by atomic mass is 10.3. The third kappa shape index (κ3) is 3.55. The summed E-state index contributed by atoms with van der Waals surface area (Å²) in [4.78, 5) is 16.7. The number of H-pyrrole nitrogens is 1. The van der Waals surface area contributed by atoms with Gasteiger partial charge in [0.25, 0.3) is 0 Å². The highest BCUT2D eigenvalue weighted by atomic mass is 32.2. The van der Waals surface area contributed by atoms with Crippen LogP contribution in [0.2, 0.25) is 0 Å². The predicted molar refractivity (Wildman–Crippen MR) is 76.3 cm³/mol. The molecular weight excluding hydrogens is 320 g/mol. The first-order valence-corrected chi connectivity index (χ1v) is 7.96. The quantitative estimate of drug-likeness (QED) is 0.320. The number of thiophene rings is 1. The summed E-state index contributed by atoms with van der Waals surface area (Å²) >= 11 is 0.694. The number of nitro groups is 1. The van der Waals surface area contributed by atoms with Crippen LogP contribution in [-0.2, 0) is 16.4 Å². The number of nitrogens with two attached hydrogens (primary N) is 1. The molecule has 10 nitrogen and oxygen atoms in total.